The average Bonchev–Trinajstić information content (AvgIpc) is 2.86. The van der Waals surface area contributed by atoms with Gasteiger partial charge in [-0.3, -0.25) is 4.79 Å². The van der Waals surface area contributed by atoms with E-state index in [1.54, 1.807) is 12.1 Å². The van der Waals surface area contributed by atoms with Crippen LogP contribution in [0.25, 0.3) is 21.9 Å². The van der Waals surface area contributed by atoms with Gasteiger partial charge in [0, 0.05) is 0 Å². The molecular weight excluding hydrogens is 444 g/mol. The zero-order valence-corrected chi connectivity index (χ0v) is 21.7. The summed E-state index contributed by atoms with van der Waals surface area (Å²) in [4.78, 5) is 13.5. The lowest BCUT2D eigenvalue weighted by atomic mass is 10.1. The van der Waals surface area contributed by atoms with Crippen LogP contribution < -0.4 is 24.4 Å². The number of hydrogen-bond acceptors (Lipinski definition) is 6. The molecule has 0 saturated heterocycles. The predicted molar refractivity (Wildman–Crippen MR) is 142 cm³/mol. The van der Waals surface area contributed by atoms with Gasteiger partial charge in [0.05, 0.1) is 37.2 Å². The molecule has 0 bridgehead atoms. The molecule has 0 aliphatic rings. The molecule has 0 radical (unpaired) electrons. The zero-order valence-electron chi connectivity index (χ0n) is 21.7. The van der Waals surface area contributed by atoms with Gasteiger partial charge in [-0.05, 0) is 49.9 Å². The van der Waals surface area contributed by atoms with E-state index in [2.05, 4.69) is 27.7 Å². The molecule has 2 aromatic carbocycles. The predicted octanol–water partition coefficient (Wildman–Crippen LogP) is 7.66. The van der Waals surface area contributed by atoms with Gasteiger partial charge in [-0.25, -0.2) is 0 Å². The molecule has 3 aromatic rings. The molecule has 0 amide bonds. The lowest BCUT2D eigenvalue weighted by Crippen LogP contribution is -2.09. The Morgan fingerprint density at radius 3 is 1.31 bits per heavy atom. The van der Waals surface area contributed by atoms with E-state index < -0.39 is 0 Å². The normalized spacial score (nSPS) is 11.2. The Bertz CT molecular complexity index is 1050. The maximum absolute atomic E-state index is 13.5. The van der Waals surface area contributed by atoms with Gasteiger partial charge in [0.25, 0.3) is 0 Å². The van der Waals surface area contributed by atoms with Gasteiger partial charge in [0.2, 0.25) is 16.9 Å². The van der Waals surface area contributed by atoms with Crippen molar-refractivity contribution in [1.29, 1.82) is 0 Å². The monoisotopic (exact) mass is 484 g/mol. The number of unbranched alkanes of at least 4 members (excludes halogenated alkanes) is 4. The highest BCUT2D eigenvalue weighted by Gasteiger charge is 2.21. The Hall–Kier alpha value is -2.89. The third-order valence-corrected chi connectivity index (χ3v) is 5.84. The van der Waals surface area contributed by atoms with E-state index in [9.17, 15) is 4.79 Å². The van der Waals surface area contributed by atoms with E-state index in [1.807, 2.05) is 12.1 Å². The third kappa shape index (κ3) is 6.62. The second kappa shape index (κ2) is 13.9. The van der Waals surface area contributed by atoms with E-state index in [0.717, 1.165) is 51.4 Å². The largest absolute Gasteiger partial charge is 0.490 e. The van der Waals surface area contributed by atoms with Gasteiger partial charge < -0.3 is 23.4 Å². The fourth-order valence-corrected chi connectivity index (χ4v) is 3.69. The summed E-state index contributed by atoms with van der Waals surface area (Å²) in [6.45, 7) is 10.6. The number of ether oxygens (including phenoxy) is 4. The summed E-state index contributed by atoms with van der Waals surface area (Å²) in [5, 5.41) is 0.928. The van der Waals surface area contributed by atoms with Crippen LogP contribution in [0.15, 0.2) is 33.5 Å². The molecule has 192 valence electrons. The van der Waals surface area contributed by atoms with Crippen LogP contribution in [0.4, 0.5) is 0 Å². The first kappa shape index (κ1) is 26.7. The average molecular weight is 485 g/mol. The molecule has 1 aromatic heterocycles. The molecule has 0 aliphatic heterocycles. The molecule has 6 nitrogen and oxygen atoms in total. The maximum atomic E-state index is 13.5. The molecule has 0 spiro atoms. The highest BCUT2D eigenvalue weighted by molar-refractivity contribution is 5.96. The van der Waals surface area contributed by atoms with Crippen molar-refractivity contribution in [3.8, 4) is 23.0 Å². The minimum Gasteiger partial charge on any atom is -0.490 e. The van der Waals surface area contributed by atoms with Gasteiger partial charge in [0.1, 0.15) is 0 Å². The van der Waals surface area contributed by atoms with E-state index in [0.29, 0.717) is 71.4 Å². The van der Waals surface area contributed by atoms with E-state index in [4.69, 9.17) is 23.4 Å². The van der Waals surface area contributed by atoms with Crippen LogP contribution in [0.3, 0.4) is 0 Å². The standard InChI is InChI=1S/C29H40O6/c1-5-9-17-31-23-15-13-21-25(30)22-14-16-24(32-18-10-6-2)29(34-20-12-8-4)27(22)35-26(21)28(23)33-19-11-7-3/h13-16H,5-12,17-20H2,1-4H3. The quantitative estimate of drug-likeness (QED) is 0.154. The minimum atomic E-state index is -0.123. The Morgan fingerprint density at radius 1 is 0.571 bits per heavy atom. The van der Waals surface area contributed by atoms with Crippen molar-refractivity contribution in [2.75, 3.05) is 26.4 Å². The lowest BCUT2D eigenvalue weighted by Gasteiger charge is -2.17. The van der Waals surface area contributed by atoms with Crippen LogP contribution in [0.2, 0.25) is 0 Å². The van der Waals surface area contributed by atoms with Crippen molar-refractivity contribution < 1.29 is 23.4 Å². The van der Waals surface area contributed by atoms with E-state index >= 15 is 0 Å². The second-order valence-electron chi connectivity index (χ2n) is 8.78. The fourth-order valence-electron chi connectivity index (χ4n) is 3.69. The fraction of sp³-hybridized carbons (Fsp3) is 0.552. The second-order valence-corrected chi connectivity index (χ2v) is 8.78. The lowest BCUT2D eigenvalue weighted by molar-refractivity contribution is 0.259. The summed E-state index contributed by atoms with van der Waals surface area (Å²) in [6, 6.07) is 7.14. The van der Waals surface area contributed by atoms with Crippen molar-refractivity contribution >= 4 is 21.9 Å². The topological polar surface area (TPSA) is 67.1 Å². The number of hydrogen-bond donors (Lipinski definition) is 0. The highest BCUT2D eigenvalue weighted by Crippen LogP contribution is 2.41. The van der Waals surface area contributed by atoms with Crippen molar-refractivity contribution in [1.82, 2.24) is 0 Å². The number of fused-ring (bicyclic) bond motifs is 2. The summed E-state index contributed by atoms with van der Waals surface area (Å²) < 4.78 is 30.8. The van der Waals surface area contributed by atoms with Gasteiger partial charge in [-0.2, -0.15) is 0 Å². The molecule has 0 aliphatic carbocycles. The Morgan fingerprint density at radius 2 is 0.943 bits per heavy atom. The van der Waals surface area contributed by atoms with Crippen LogP contribution in [0.1, 0.15) is 79.1 Å². The van der Waals surface area contributed by atoms with Crippen LogP contribution in [0.5, 0.6) is 23.0 Å². The molecule has 35 heavy (non-hydrogen) atoms. The van der Waals surface area contributed by atoms with Crippen molar-refractivity contribution in [3.63, 3.8) is 0 Å². The first-order valence-corrected chi connectivity index (χ1v) is 13.2. The van der Waals surface area contributed by atoms with Crippen LogP contribution in [0, 0.1) is 0 Å². The van der Waals surface area contributed by atoms with Crippen molar-refractivity contribution in [3.05, 3.63) is 34.5 Å². The van der Waals surface area contributed by atoms with Crippen molar-refractivity contribution in [2.45, 2.75) is 79.1 Å². The van der Waals surface area contributed by atoms with Crippen LogP contribution in [-0.4, -0.2) is 26.4 Å². The molecular formula is C29H40O6. The van der Waals surface area contributed by atoms with Crippen LogP contribution >= 0.6 is 0 Å². The molecule has 0 saturated carbocycles. The molecule has 1 heterocycles. The summed E-state index contributed by atoms with van der Waals surface area (Å²) in [5.41, 5.74) is 0.652. The number of rotatable bonds is 16. The highest BCUT2D eigenvalue weighted by atomic mass is 16.5. The third-order valence-electron chi connectivity index (χ3n) is 5.84. The summed E-state index contributed by atoms with van der Waals surface area (Å²) in [5.74, 6) is 2.13. The molecule has 0 unspecified atom stereocenters. The summed E-state index contributed by atoms with van der Waals surface area (Å²) in [6.07, 6.45) is 7.70. The maximum Gasteiger partial charge on any atom is 0.205 e. The minimum absolute atomic E-state index is 0.123. The first-order chi connectivity index (χ1) is 17.2. The zero-order chi connectivity index (χ0) is 25.0. The van der Waals surface area contributed by atoms with Gasteiger partial charge >= 0.3 is 0 Å². The van der Waals surface area contributed by atoms with E-state index in [1.165, 1.54) is 0 Å². The number of benzene rings is 2. The molecule has 0 N–H and O–H groups in total. The van der Waals surface area contributed by atoms with Gasteiger partial charge in [-0.15, -0.1) is 0 Å². The Kier molecular flexibility index (Phi) is 10.6. The summed E-state index contributed by atoms with van der Waals surface area (Å²) >= 11 is 0. The molecule has 0 atom stereocenters. The summed E-state index contributed by atoms with van der Waals surface area (Å²) in [7, 11) is 0. The molecule has 6 heteroatoms. The Balaban J connectivity index is 2.19. The van der Waals surface area contributed by atoms with Crippen molar-refractivity contribution in [2.24, 2.45) is 0 Å². The molecule has 3 rings (SSSR count). The van der Waals surface area contributed by atoms with Gasteiger partial charge in [0.15, 0.2) is 22.7 Å². The van der Waals surface area contributed by atoms with Gasteiger partial charge in [-0.1, -0.05) is 53.4 Å². The van der Waals surface area contributed by atoms with E-state index in [-0.39, 0.29) is 5.43 Å². The first-order valence-electron chi connectivity index (χ1n) is 13.2. The molecule has 0 fully saturated rings. The van der Waals surface area contributed by atoms with Crippen LogP contribution in [-0.2, 0) is 0 Å². The Labute approximate surface area is 208 Å². The SMILES string of the molecule is CCCCOc1ccc2c(=O)c3ccc(OCCCC)c(OCCCC)c3oc2c1OCCCC. The smallest absolute Gasteiger partial charge is 0.205 e.